The summed E-state index contributed by atoms with van der Waals surface area (Å²) >= 11 is 0. The van der Waals surface area contributed by atoms with Crippen LogP contribution in [-0.2, 0) is 6.42 Å². The normalized spacial score (nSPS) is 11.6. The largest absolute Gasteiger partial charge is 0.354 e. The lowest BCUT2D eigenvalue weighted by atomic mass is 10.1. The third kappa shape index (κ3) is 4.48. The number of aryl methyl sites for hydroxylation is 1. The number of hydrogen-bond donors (Lipinski definition) is 2. The van der Waals surface area contributed by atoms with Crippen molar-refractivity contribution in [2.45, 2.75) is 26.3 Å². The number of amides is 1. The van der Waals surface area contributed by atoms with Crippen molar-refractivity contribution in [3.63, 3.8) is 0 Å². The number of carbonyl (C=O) groups is 1. The van der Waals surface area contributed by atoms with Gasteiger partial charge in [0.05, 0.1) is 23.5 Å². The zero-order valence-corrected chi connectivity index (χ0v) is 15.1. The van der Waals surface area contributed by atoms with E-state index >= 15 is 0 Å². The van der Waals surface area contributed by atoms with E-state index < -0.39 is 0 Å². The number of anilines is 2. The lowest BCUT2D eigenvalue weighted by Crippen LogP contribution is -2.26. The lowest BCUT2D eigenvalue weighted by Gasteiger charge is -2.14. The fourth-order valence-corrected chi connectivity index (χ4v) is 2.73. The Kier molecular flexibility index (Phi) is 5.64. The van der Waals surface area contributed by atoms with Crippen molar-refractivity contribution in [3.8, 4) is 0 Å². The summed E-state index contributed by atoms with van der Waals surface area (Å²) in [5, 5.41) is 6.30. The molecule has 1 unspecified atom stereocenters. The van der Waals surface area contributed by atoms with E-state index in [9.17, 15) is 4.79 Å². The minimum absolute atomic E-state index is 0.0677. The first-order chi connectivity index (χ1) is 12.7. The van der Waals surface area contributed by atoms with Crippen LogP contribution in [-0.4, -0.2) is 10.9 Å². The van der Waals surface area contributed by atoms with E-state index in [0.29, 0.717) is 5.56 Å². The van der Waals surface area contributed by atoms with E-state index in [1.54, 1.807) is 12.4 Å². The van der Waals surface area contributed by atoms with Crippen molar-refractivity contribution in [2.24, 2.45) is 0 Å². The second kappa shape index (κ2) is 8.30. The first-order valence-corrected chi connectivity index (χ1v) is 8.82. The predicted molar refractivity (Wildman–Crippen MR) is 106 cm³/mol. The van der Waals surface area contributed by atoms with E-state index in [0.717, 1.165) is 23.4 Å². The van der Waals surface area contributed by atoms with Crippen LogP contribution in [0.4, 0.5) is 11.4 Å². The van der Waals surface area contributed by atoms with Crippen LogP contribution in [0.5, 0.6) is 0 Å². The van der Waals surface area contributed by atoms with Crippen molar-refractivity contribution < 1.29 is 4.79 Å². The highest BCUT2D eigenvalue weighted by atomic mass is 16.1. The van der Waals surface area contributed by atoms with Gasteiger partial charge in [-0.25, -0.2) is 0 Å². The fraction of sp³-hybridized carbons (Fsp3) is 0.182. The molecule has 4 nitrogen and oxygen atoms in total. The summed E-state index contributed by atoms with van der Waals surface area (Å²) in [6.07, 6.45) is 4.31. The molecule has 132 valence electrons. The first-order valence-electron chi connectivity index (χ1n) is 8.82. The zero-order valence-electron chi connectivity index (χ0n) is 15.1. The Morgan fingerprint density at radius 3 is 2.42 bits per heavy atom. The Morgan fingerprint density at radius 1 is 1.00 bits per heavy atom. The Morgan fingerprint density at radius 2 is 1.73 bits per heavy atom. The maximum absolute atomic E-state index is 12.5. The van der Waals surface area contributed by atoms with Crippen LogP contribution in [0.1, 0.15) is 41.4 Å². The van der Waals surface area contributed by atoms with Gasteiger partial charge in [0.2, 0.25) is 0 Å². The van der Waals surface area contributed by atoms with Crippen LogP contribution in [0.2, 0.25) is 0 Å². The van der Waals surface area contributed by atoms with Gasteiger partial charge in [-0.15, -0.1) is 0 Å². The van der Waals surface area contributed by atoms with Gasteiger partial charge in [-0.3, -0.25) is 9.78 Å². The number of rotatable bonds is 6. The van der Waals surface area contributed by atoms with Gasteiger partial charge in [0, 0.05) is 11.9 Å². The molecule has 1 amide bonds. The molecule has 26 heavy (non-hydrogen) atoms. The molecular formula is C22H23N3O. The van der Waals surface area contributed by atoms with Crippen LogP contribution in [0.3, 0.4) is 0 Å². The number of nitrogens with zero attached hydrogens (tertiary/aromatic N) is 1. The second-order valence-electron chi connectivity index (χ2n) is 6.24. The average molecular weight is 345 g/mol. The van der Waals surface area contributed by atoms with E-state index in [4.69, 9.17) is 0 Å². The van der Waals surface area contributed by atoms with Crippen LogP contribution in [0, 0.1) is 0 Å². The van der Waals surface area contributed by atoms with Crippen LogP contribution in [0.15, 0.2) is 73.1 Å². The van der Waals surface area contributed by atoms with E-state index in [-0.39, 0.29) is 11.9 Å². The summed E-state index contributed by atoms with van der Waals surface area (Å²) in [4.78, 5) is 16.7. The van der Waals surface area contributed by atoms with Crippen molar-refractivity contribution in [2.75, 3.05) is 5.32 Å². The highest BCUT2D eigenvalue weighted by Crippen LogP contribution is 2.18. The second-order valence-corrected chi connectivity index (χ2v) is 6.24. The Balaban J connectivity index is 1.68. The Bertz CT molecular complexity index is 860. The standard InChI is InChI=1S/C22H23N3O/c1-3-17-9-11-20(12-10-17)25-21-13-19(14-23-15-21)22(26)24-16(2)18-7-5-4-6-8-18/h4-16,25H,3H2,1-2H3,(H,24,26). The molecule has 3 aromatic rings. The molecule has 0 aliphatic rings. The Labute approximate surface area is 154 Å². The van der Waals surface area contributed by atoms with Crippen molar-refractivity contribution in [3.05, 3.63) is 89.7 Å². The Hall–Kier alpha value is -3.14. The molecule has 1 aromatic heterocycles. The van der Waals surface area contributed by atoms with Gasteiger partial charge in [0.25, 0.3) is 5.91 Å². The highest BCUT2D eigenvalue weighted by molar-refractivity contribution is 5.95. The molecule has 1 heterocycles. The lowest BCUT2D eigenvalue weighted by molar-refractivity contribution is 0.0939. The molecule has 4 heteroatoms. The molecule has 2 N–H and O–H groups in total. The smallest absolute Gasteiger partial charge is 0.253 e. The summed E-state index contributed by atoms with van der Waals surface area (Å²) in [6.45, 7) is 4.10. The first kappa shape index (κ1) is 17.7. The molecule has 0 bridgehead atoms. The van der Waals surface area contributed by atoms with Gasteiger partial charge < -0.3 is 10.6 Å². The summed E-state index contributed by atoms with van der Waals surface area (Å²) < 4.78 is 0. The maximum Gasteiger partial charge on any atom is 0.253 e. The van der Waals surface area contributed by atoms with Crippen LogP contribution in [0.25, 0.3) is 0 Å². The van der Waals surface area contributed by atoms with Crippen molar-refractivity contribution in [1.29, 1.82) is 0 Å². The number of carbonyl (C=O) groups excluding carboxylic acids is 1. The topological polar surface area (TPSA) is 54.0 Å². The van der Waals surface area contributed by atoms with Crippen molar-refractivity contribution in [1.82, 2.24) is 10.3 Å². The van der Waals surface area contributed by atoms with Crippen molar-refractivity contribution >= 4 is 17.3 Å². The van der Waals surface area contributed by atoms with Gasteiger partial charge in [-0.2, -0.15) is 0 Å². The molecule has 0 aliphatic heterocycles. The average Bonchev–Trinajstić information content (AvgIpc) is 2.69. The molecule has 2 aromatic carbocycles. The number of nitrogens with one attached hydrogen (secondary N) is 2. The van der Waals surface area contributed by atoms with Crippen LogP contribution >= 0.6 is 0 Å². The molecule has 3 rings (SSSR count). The van der Waals surface area contributed by atoms with E-state index in [1.807, 2.05) is 55.5 Å². The van der Waals surface area contributed by atoms with Gasteiger partial charge in [0.15, 0.2) is 0 Å². The predicted octanol–water partition coefficient (Wildman–Crippen LogP) is 4.88. The summed E-state index contributed by atoms with van der Waals surface area (Å²) in [5.41, 5.74) is 4.65. The molecule has 0 saturated carbocycles. The van der Waals surface area contributed by atoms with Gasteiger partial charge in [-0.05, 0) is 42.7 Å². The monoisotopic (exact) mass is 345 g/mol. The molecule has 0 radical (unpaired) electrons. The van der Waals surface area contributed by atoms with Gasteiger partial charge >= 0.3 is 0 Å². The summed E-state index contributed by atoms with van der Waals surface area (Å²) in [7, 11) is 0. The molecule has 0 saturated heterocycles. The molecular weight excluding hydrogens is 322 g/mol. The SMILES string of the molecule is CCc1ccc(Nc2cncc(C(=O)NC(C)c3ccccc3)c2)cc1. The minimum atomic E-state index is -0.140. The molecule has 0 aliphatic carbocycles. The highest BCUT2D eigenvalue weighted by Gasteiger charge is 2.12. The number of pyridine rings is 1. The number of benzene rings is 2. The van der Waals surface area contributed by atoms with E-state index in [1.165, 1.54) is 5.56 Å². The summed E-state index contributed by atoms with van der Waals surface area (Å²) in [6, 6.07) is 19.9. The maximum atomic E-state index is 12.5. The zero-order chi connectivity index (χ0) is 18.4. The number of aromatic nitrogens is 1. The molecule has 1 atom stereocenters. The quantitative estimate of drug-likeness (QED) is 0.669. The van der Waals surface area contributed by atoms with Crippen LogP contribution < -0.4 is 10.6 Å². The van der Waals surface area contributed by atoms with Gasteiger partial charge in [-0.1, -0.05) is 49.4 Å². The molecule has 0 fully saturated rings. The summed E-state index contributed by atoms with van der Waals surface area (Å²) in [5.74, 6) is -0.140. The number of hydrogen-bond acceptors (Lipinski definition) is 3. The van der Waals surface area contributed by atoms with E-state index in [2.05, 4.69) is 34.7 Å². The third-order valence-corrected chi connectivity index (χ3v) is 4.30. The minimum Gasteiger partial charge on any atom is -0.354 e. The molecule has 0 spiro atoms. The third-order valence-electron chi connectivity index (χ3n) is 4.30. The fourth-order valence-electron chi connectivity index (χ4n) is 2.73. The van der Waals surface area contributed by atoms with Gasteiger partial charge in [0.1, 0.15) is 0 Å².